The molecule has 1 amide bonds. The standard InChI is InChI=1S/C19H15F4NO4/c1-12(27-17(25)10-5-13-3-2-4-14(20)11-13)18(26)24-15-6-8-16(9-7-15)28-19(21,22)23/h2-12H,1H3,(H,24,26)/b10-5+. The molecule has 0 fully saturated rings. The molecule has 28 heavy (non-hydrogen) atoms. The lowest BCUT2D eigenvalue weighted by molar-refractivity contribution is -0.274. The largest absolute Gasteiger partial charge is 0.573 e. The Balaban J connectivity index is 1.87. The van der Waals surface area contributed by atoms with Gasteiger partial charge in [0.1, 0.15) is 11.6 Å². The lowest BCUT2D eigenvalue weighted by atomic mass is 10.2. The molecule has 0 radical (unpaired) electrons. The number of hydrogen-bond donors (Lipinski definition) is 1. The fraction of sp³-hybridized carbons (Fsp3) is 0.158. The summed E-state index contributed by atoms with van der Waals surface area (Å²) in [6, 6.07) is 9.99. The molecule has 0 bridgehead atoms. The van der Waals surface area contributed by atoms with E-state index in [0.29, 0.717) is 5.56 Å². The summed E-state index contributed by atoms with van der Waals surface area (Å²) in [4.78, 5) is 23.7. The molecule has 0 aliphatic heterocycles. The summed E-state index contributed by atoms with van der Waals surface area (Å²) in [6.45, 7) is 1.32. The Hall–Kier alpha value is -3.36. The first-order valence-electron chi connectivity index (χ1n) is 7.93. The van der Waals surface area contributed by atoms with Crippen LogP contribution in [0.25, 0.3) is 6.08 Å². The zero-order chi connectivity index (χ0) is 20.7. The van der Waals surface area contributed by atoms with Gasteiger partial charge in [0.15, 0.2) is 6.10 Å². The highest BCUT2D eigenvalue weighted by Gasteiger charge is 2.31. The van der Waals surface area contributed by atoms with E-state index in [4.69, 9.17) is 4.74 Å². The maximum Gasteiger partial charge on any atom is 0.573 e. The van der Waals surface area contributed by atoms with Crippen molar-refractivity contribution < 1.29 is 36.6 Å². The Morgan fingerprint density at radius 1 is 1.11 bits per heavy atom. The number of halogens is 4. The predicted octanol–water partition coefficient (Wildman–Crippen LogP) is 4.31. The summed E-state index contributed by atoms with van der Waals surface area (Å²) in [5.41, 5.74) is 0.632. The number of nitrogens with one attached hydrogen (secondary N) is 1. The first kappa shape index (κ1) is 20.9. The van der Waals surface area contributed by atoms with Gasteiger partial charge in [0, 0.05) is 11.8 Å². The maximum absolute atomic E-state index is 13.1. The van der Waals surface area contributed by atoms with Gasteiger partial charge >= 0.3 is 12.3 Å². The SMILES string of the molecule is CC(OC(=O)/C=C/c1cccc(F)c1)C(=O)Nc1ccc(OC(F)(F)F)cc1. The van der Waals surface area contributed by atoms with Gasteiger partial charge in [0.25, 0.3) is 5.91 Å². The van der Waals surface area contributed by atoms with E-state index >= 15 is 0 Å². The minimum absolute atomic E-state index is 0.192. The fourth-order valence-electron chi connectivity index (χ4n) is 2.03. The number of carbonyl (C=O) groups is 2. The van der Waals surface area contributed by atoms with Crippen LogP contribution in [0, 0.1) is 5.82 Å². The number of anilines is 1. The molecule has 0 spiro atoms. The van der Waals surface area contributed by atoms with Crippen LogP contribution in [-0.4, -0.2) is 24.3 Å². The van der Waals surface area contributed by atoms with Crippen molar-refractivity contribution in [3.63, 3.8) is 0 Å². The molecule has 2 aromatic rings. The molecule has 1 N–H and O–H groups in total. The Labute approximate surface area is 157 Å². The topological polar surface area (TPSA) is 64.6 Å². The van der Waals surface area contributed by atoms with Gasteiger partial charge in [-0.25, -0.2) is 9.18 Å². The normalized spacial score (nSPS) is 12.5. The minimum atomic E-state index is -4.81. The average Bonchev–Trinajstić information content (AvgIpc) is 2.60. The van der Waals surface area contributed by atoms with Gasteiger partial charge in [-0.1, -0.05) is 12.1 Å². The zero-order valence-corrected chi connectivity index (χ0v) is 14.5. The van der Waals surface area contributed by atoms with Gasteiger partial charge in [-0.15, -0.1) is 13.2 Å². The summed E-state index contributed by atoms with van der Waals surface area (Å²) in [6.07, 6.45) is -3.61. The van der Waals surface area contributed by atoms with E-state index in [1.165, 1.54) is 43.3 Å². The Bertz CT molecular complexity index is 863. The molecule has 5 nitrogen and oxygen atoms in total. The van der Waals surface area contributed by atoms with E-state index < -0.39 is 35.9 Å². The van der Waals surface area contributed by atoms with E-state index in [-0.39, 0.29) is 5.69 Å². The van der Waals surface area contributed by atoms with Gasteiger partial charge in [-0.05, 0) is 55.0 Å². The van der Waals surface area contributed by atoms with Crippen LogP contribution in [0.15, 0.2) is 54.6 Å². The third kappa shape index (κ3) is 7.10. The molecule has 0 saturated carbocycles. The summed E-state index contributed by atoms with van der Waals surface area (Å²) in [7, 11) is 0. The number of esters is 1. The van der Waals surface area contributed by atoms with Gasteiger partial charge in [-0.2, -0.15) is 0 Å². The van der Waals surface area contributed by atoms with E-state index in [9.17, 15) is 27.2 Å². The Kier molecular flexibility index (Phi) is 6.75. The van der Waals surface area contributed by atoms with Gasteiger partial charge in [0.2, 0.25) is 0 Å². The van der Waals surface area contributed by atoms with Crippen molar-refractivity contribution in [2.45, 2.75) is 19.4 Å². The highest BCUT2D eigenvalue weighted by molar-refractivity contribution is 5.96. The van der Waals surface area contributed by atoms with E-state index in [1.54, 1.807) is 6.07 Å². The first-order valence-corrected chi connectivity index (χ1v) is 7.93. The molecule has 148 valence electrons. The molecule has 9 heteroatoms. The van der Waals surface area contributed by atoms with Crippen LogP contribution >= 0.6 is 0 Å². The van der Waals surface area contributed by atoms with E-state index in [0.717, 1.165) is 18.2 Å². The third-order valence-corrected chi connectivity index (χ3v) is 3.28. The Morgan fingerprint density at radius 3 is 2.39 bits per heavy atom. The number of rotatable bonds is 6. The summed E-state index contributed by atoms with van der Waals surface area (Å²) >= 11 is 0. The second-order valence-corrected chi connectivity index (χ2v) is 5.53. The molecule has 2 rings (SSSR count). The molecule has 2 aromatic carbocycles. The highest BCUT2D eigenvalue weighted by Crippen LogP contribution is 2.24. The number of amides is 1. The van der Waals surface area contributed by atoms with Crippen LogP contribution in [0.1, 0.15) is 12.5 Å². The van der Waals surface area contributed by atoms with Crippen LogP contribution in [0.4, 0.5) is 23.2 Å². The van der Waals surface area contributed by atoms with Crippen LogP contribution < -0.4 is 10.1 Å². The first-order chi connectivity index (χ1) is 13.1. The second-order valence-electron chi connectivity index (χ2n) is 5.53. The molecule has 1 atom stereocenters. The fourth-order valence-corrected chi connectivity index (χ4v) is 2.03. The van der Waals surface area contributed by atoms with Crippen molar-refractivity contribution in [2.75, 3.05) is 5.32 Å². The van der Waals surface area contributed by atoms with Crippen LogP contribution in [-0.2, 0) is 14.3 Å². The van der Waals surface area contributed by atoms with Crippen LogP contribution in [0.3, 0.4) is 0 Å². The smallest absolute Gasteiger partial charge is 0.449 e. The molecular weight excluding hydrogens is 382 g/mol. The third-order valence-electron chi connectivity index (χ3n) is 3.28. The Morgan fingerprint density at radius 2 is 1.79 bits per heavy atom. The molecule has 1 unspecified atom stereocenters. The summed E-state index contributed by atoms with van der Waals surface area (Å²) in [5, 5.41) is 2.39. The predicted molar refractivity (Wildman–Crippen MR) is 92.7 cm³/mol. The average molecular weight is 397 g/mol. The van der Waals surface area contributed by atoms with E-state index in [1.807, 2.05) is 0 Å². The molecule has 0 aliphatic rings. The lowest BCUT2D eigenvalue weighted by Gasteiger charge is -2.13. The molecule has 0 aliphatic carbocycles. The maximum atomic E-state index is 13.1. The molecule has 0 saturated heterocycles. The van der Waals surface area contributed by atoms with Crippen LogP contribution in [0.2, 0.25) is 0 Å². The number of hydrogen-bond acceptors (Lipinski definition) is 4. The highest BCUT2D eigenvalue weighted by atomic mass is 19.4. The summed E-state index contributed by atoms with van der Waals surface area (Å²) < 4.78 is 58.0. The van der Waals surface area contributed by atoms with Crippen molar-refractivity contribution in [1.29, 1.82) is 0 Å². The monoisotopic (exact) mass is 397 g/mol. The van der Waals surface area contributed by atoms with Crippen molar-refractivity contribution in [1.82, 2.24) is 0 Å². The van der Waals surface area contributed by atoms with Gasteiger partial charge in [0.05, 0.1) is 0 Å². The molecular formula is C19H15F4NO4. The zero-order valence-electron chi connectivity index (χ0n) is 14.5. The van der Waals surface area contributed by atoms with Gasteiger partial charge < -0.3 is 14.8 Å². The summed E-state index contributed by atoms with van der Waals surface area (Å²) in [5.74, 6) is -2.40. The van der Waals surface area contributed by atoms with Crippen molar-refractivity contribution in [3.8, 4) is 5.75 Å². The van der Waals surface area contributed by atoms with E-state index in [2.05, 4.69) is 10.1 Å². The molecule has 0 heterocycles. The van der Waals surface area contributed by atoms with Crippen molar-refractivity contribution >= 4 is 23.6 Å². The second kappa shape index (κ2) is 9.03. The quantitative estimate of drug-likeness (QED) is 0.448. The van der Waals surface area contributed by atoms with Crippen molar-refractivity contribution in [2.24, 2.45) is 0 Å². The molecule has 0 aromatic heterocycles. The van der Waals surface area contributed by atoms with Gasteiger partial charge in [-0.3, -0.25) is 4.79 Å². The lowest BCUT2D eigenvalue weighted by Crippen LogP contribution is -2.29. The number of carbonyl (C=O) groups excluding carboxylic acids is 2. The van der Waals surface area contributed by atoms with Crippen molar-refractivity contribution in [3.05, 3.63) is 66.0 Å². The number of ether oxygens (including phenoxy) is 2. The minimum Gasteiger partial charge on any atom is -0.449 e. The number of alkyl halides is 3. The van der Waals surface area contributed by atoms with Crippen LogP contribution in [0.5, 0.6) is 5.75 Å². The number of benzene rings is 2.